The van der Waals surface area contributed by atoms with E-state index >= 15 is 0 Å². The van der Waals surface area contributed by atoms with E-state index in [1.54, 1.807) is 6.07 Å². The predicted octanol–water partition coefficient (Wildman–Crippen LogP) is 1.50. The first-order chi connectivity index (χ1) is 5.69. The first-order valence-corrected chi connectivity index (χ1v) is 4.10. The van der Waals surface area contributed by atoms with Gasteiger partial charge in [-0.15, -0.1) is 0 Å². The van der Waals surface area contributed by atoms with Crippen LogP contribution in [0.25, 0.3) is 0 Å². The number of hydrogen-bond acceptors (Lipinski definition) is 2. The van der Waals surface area contributed by atoms with Crippen molar-refractivity contribution in [3.63, 3.8) is 0 Å². The molecule has 0 saturated carbocycles. The number of furan rings is 1. The number of nitrogens with two attached hydrogens (primary N) is 1. The van der Waals surface area contributed by atoms with Crippen molar-refractivity contribution in [2.75, 3.05) is 0 Å². The van der Waals surface area contributed by atoms with Crippen molar-refractivity contribution in [2.24, 2.45) is 5.73 Å². The van der Waals surface area contributed by atoms with Crippen molar-refractivity contribution in [2.45, 2.75) is 26.7 Å². The molecule has 0 aliphatic heterocycles. The van der Waals surface area contributed by atoms with E-state index in [1.807, 2.05) is 13.8 Å². The Morgan fingerprint density at radius 1 is 1.50 bits per heavy atom. The fourth-order valence-electron chi connectivity index (χ4n) is 1.19. The molecule has 1 heterocycles. The molecule has 3 nitrogen and oxygen atoms in total. The average molecular weight is 167 g/mol. The van der Waals surface area contributed by atoms with E-state index in [0.717, 1.165) is 24.2 Å². The summed E-state index contributed by atoms with van der Waals surface area (Å²) in [6.45, 7) is 4.01. The van der Waals surface area contributed by atoms with Crippen molar-refractivity contribution in [3.05, 3.63) is 23.2 Å². The number of aryl methyl sites for hydroxylation is 2. The van der Waals surface area contributed by atoms with Crippen LogP contribution in [-0.2, 0) is 12.8 Å². The van der Waals surface area contributed by atoms with Crippen LogP contribution in [0.2, 0.25) is 0 Å². The molecule has 0 unspecified atom stereocenters. The van der Waals surface area contributed by atoms with Gasteiger partial charge < -0.3 is 10.2 Å². The van der Waals surface area contributed by atoms with Gasteiger partial charge in [-0.1, -0.05) is 13.8 Å². The van der Waals surface area contributed by atoms with Crippen LogP contribution in [-0.4, -0.2) is 5.91 Å². The Kier molecular flexibility index (Phi) is 2.53. The van der Waals surface area contributed by atoms with Gasteiger partial charge in [0.25, 0.3) is 5.91 Å². The number of hydrogen-bond donors (Lipinski definition) is 1. The minimum atomic E-state index is -0.496. The summed E-state index contributed by atoms with van der Waals surface area (Å²) < 4.78 is 5.24. The molecule has 1 rings (SSSR count). The maximum Gasteiger partial charge on any atom is 0.284 e. The second-order valence-corrected chi connectivity index (χ2v) is 2.63. The zero-order valence-electron chi connectivity index (χ0n) is 7.39. The summed E-state index contributed by atoms with van der Waals surface area (Å²) in [5.41, 5.74) is 6.15. The normalized spacial score (nSPS) is 10.2. The molecule has 0 atom stereocenters. The molecule has 0 saturated heterocycles. The molecule has 0 aliphatic carbocycles. The first-order valence-electron chi connectivity index (χ1n) is 4.10. The largest absolute Gasteiger partial charge is 0.456 e. The van der Waals surface area contributed by atoms with E-state index in [-0.39, 0.29) is 5.76 Å². The van der Waals surface area contributed by atoms with Crippen LogP contribution in [0.15, 0.2) is 10.5 Å². The highest BCUT2D eigenvalue weighted by Gasteiger charge is 2.11. The Hall–Kier alpha value is -1.25. The first kappa shape index (κ1) is 8.84. The summed E-state index contributed by atoms with van der Waals surface area (Å²) >= 11 is 0. The van der Waals surface area contributed by atoms with Crippen LogP contribution in [0, 0.1) is 0 Å². The lowest BCUT2D eigenvalue weighted by atomic mass is 10.1. The van der Waals surface area contributed by atoms with Gasteiger partial charge in [-0.05, 0) is 18.1 Å². The lowest BCUT2D eigenvalue weighted by Crippen LogP contribution is -2.09. The van der Waals surface area contributed by atoms with Gasteiger partial charge in [0.05, 0.1) is 0 Å². The Morgan fingerprint density at radius 2 is 2.17 bits per heavy atom. The van der Waals surface area contributed by atoms with Crippen LogP contribution in [0.3, 0.4) is 0 Å². The van der Waals surface area contributed by atoms with Crippen LogP contribution in [0.4, 0.5) is 0 Å². The van der Waals surface area contributed by atoms with Gasteiger partial charge >= 0.3 is 0 Å². The smallest absolute Gasteiger partial charge is 0.284 e. The molecule has 1 amide bonds. The fraction of sp³-hybridized carbons (Fsp3) is 0.444. The second-order valence-electron chi connectivity index (χ2n) is 2.63. The molecule has 0 aromatic carbocycles. The standard InChI is InChI=1S/C9H13NO2/c1-3-6-5-8(9(10)11)12-7(6)4-2/h5H,3-4H2,1-2H3,(H2,10,11). The van der Waals surface area contributed by atoms with Gasteiger partial charge in [-0.2, -0.15) is 0 Å². The Balaban J connectivity index is 3.05. The minimum Gasteiger partial charge on any atom is -0.456 e. The third-order valence-electron chi connectivity index (χ3n) is 1.84. The van der Waals surface area contributed by atoms with Crippen LogP contribution in [0.5, 0.6) is 0 Å². The SMILES string of the molecule is CCc1cc(C(N)=O)oc1CC. The van der Waals surface area contributed by atoms with E-state index in [2.05, 4.69) is 0 Å². The average Bonchev–Trinajstić information content (AvgIpc) is 2.46. The molecule has 0 aliphatic rings. The fourth-order valence-corrected chi connectivity index (χ4v) is 1.19. The second kappa shape index (κ2) is 3.43. The number of primary amides is 1. The number of carbonyl (C=O) groups excluding carboxylic acids is 1. The highest BCUT2D eigenvalue weighted by molar-refractivity contribution is 5.90. The number of rotatable bonds is 3. The topological polar surface area (TPSA) is 56.2 Å². The van der Waals surface area contributed by atoms with E-state index in [4.69, 9.17) is 10.2 Å². The van der Waals surface area contributed by atoms with Gasteiger partial charge in [0, 0.05) is 6.42 Å². The van der Waals surface area contributed by atoms with E-state index < -0.39 is 5.91 Å². The zero-order valence-corrected chi connectivity index (χ0v) is 7.39. The molecule has 0 radical (unpaired) electrons. The van der Waals surface area contributed by atoms with Gasteiger partial charge in [0.15, 0.2) is 5.76 Å². The molecular formula is C9H13NO2. The van der Waals surface area contributed by atoms with Crippen molar-refractivity contribution in [3.8, 4) is 0 Å². The molecule has 0 bridgehead atoms. The monoisotopic (exact) mass is 167 g/mol. The zero-order chi connectivity index (χ0) is 9.14. The molecule has 0 spiro atoms. The summed E-state index contributed by atoms with van der Waals surface area (Å²) in [7, 11) is 0. The van der Waals surface area contributed by atoms with Gasteiger partial charge in [-0.3, -0.25) is 4.79 Å². The van der Waals surface area contributed by atoms with Crippen molar-refractivity contribution >= 4 is 5.91 Å². The highest BCUT2D eigenvalue weighted by atomic mass is 16.3. The predicted molar refractivity (Wildman–Crippen MR) is 46.0 cm³/mol. The molecular weight excluding hydrogens is 154 g/mol. The molecule has 3 heteroatoms. The maximum absolute atomic E-state index is 10.7. The van der Waals surface area contributed by atoms with Crippen LogP contribution >= 0.6 is 0 Å². The molecule has 1 aromatic heterocycles. The van der Waals surface area contributed by atoms with Crippen molar-refractivity contribution in [1.29, 1.82) is 0 Å². The molecule has 66 valence electrons. The van der Waals surface area contributed by atoms with E-state index in [0.29, 0.717) is 0 Å². The summed E-state index contributed by atoms with van der Waals surface area (Å²) in [4.78, 5) is 10.7. The highest BCUT2D eigenvalue weighted by Crippen LogP contribution is 2.16. The third kappa shape index (κ3) is 1.49. The van der Waals surface area contributed by atoms with Crippen LogP contribution < -0.4 is 5.73 Å². The Morgan fingerprint density at radius 3 is 2.50 bits per heavy atom. The summed E-state index contributed by atoms with van der Waals surface area (Å²) in [6.07, 6.45) is 1.68. The summed E-state index contributed by atoms with van der Waals surface area (Å²) in [5, 5.41) is 0. The molecule has 0 fully saturated rings. The lowest BCUT2D eigenvalue weighted by molar-refractivity contribution is 0.0972. The Bertz CT molecular complexity index is 267. The number of carbonyl (C=O) groups is 1. The molecule has 1 aromatic rings. The van der Waals surface area contributed by atoms with Gasteiger partial charge in [-0.25, -0.2) is 0 Å². The third-order valence-corrected chi connectivity index (χ3v) is 1.84. The minimum absolute atomic E-state index is 0.267. The molecule has 12 heavy (non-hydrogen) atoms. The van der Waals surface area contributed by atoms with Crippen molar-refractivity contribution < 1.29 is 9.21 Å². The van der Waals surface area contributed by atoms with Gasteiger partial charge in [0.1, 0.15) is 5.76 Å². The van der Waals surface area contributed by atoms with Crippen LogP contribution in [0.1, 0.15) is 35.7 Å². The van der Waals surface area contributed by atoms with E-state index in [9.17, 15) is 4.79 Å². The maximum atomic E-state index is 10.7. The van der Waals surface area contributed by atoms with Crippen molar-refractivity contribution in [1.82, 2.24) is 0 Å². The summed E-state index contributed by atoms with van der Waals surface area (Å²) in [6, 6.07) is 1.72. The lowest BCUT2D eigenvalue weighted by Gasteiger charge is -1.92. The Labute approximate surface area is 71.6 Å². The summed E-state index contributed by atoms with van der Waals surface area (Å²) in [5.74, 6) is 0.638. The number of amides is 1. The molecule has 2 N–H and O–H groups in total. The van der Waals surface area contributed by atoms with Gasteiger partial charge in [0.2, 0.25) is 0 Å². The van der Waals surface area contributed by atoms with E-state index in [1.165, 1.54) is 0 Å². The quantitative estimate of drug-likeness (QED) is 0.741.